The summed E-state index contributed by atoms with van der Waals surface area (Å²) in [6, 6.07) is 10.1. The number of rotatable bonds is 4. The Bertz CT molecular complexity index is 358. The molecule has 17 heavy (non-hydrogen) atoms. The van der Waals surface area contributed by atoms with Crippen LogP contribution in [0.4, 0.5) is 0 Å². The van der Waals surface area contributed by atoms with Gasteiger partial charge < -0.3 is 5.32 Å². The standard InChI is InChI=1S/C16H25N/c1-4-14-8-6-10-16(14)17-13(3)15-9-5-7-12(2)11-15/h5,7,9,11,13-14,16-17H,4,6,8,10H2,1-3H3/t13-,14?,16?/m0/s1. The molecule has 0 spiro atoms. The normalized spacial score (nSPS) is 26.1. The number of nitrogens with one attached hydrogen (secondary N) is 1. The van der Waals surface area contributed by atoms with Crippen molar-refractivity contribution in [2.45, 2.75) is 58.5 Å². The first-order valence-corrected chi connectivity index (χ1v) is 7.03. The molecule has 1 aliphatic carbocycles. The van der Waals surface area contributed by atoms with E-state index in [1.54, 1.807) is 0 Å². The van der Waals surface area contributed by atoms with E-state index in [0.717, 1.165) is 12.0 Å². The van der Waals surface area contributed by atoms with Crippen LogP contribution >= 0.6 is 0 Å². The number of hydrogen-bond acceptors (Lipinski definition) is 1. The van der Waals surface area contributed by atoms with Crippen molar-refractivity contribution in [3.8, 4) is 0 Å². The maximum atomic E-state index is 3.82. The molecular weight excluding hydrogens is 206 g/mol. The van der Waals surface area contributed by atoms with Gasteiger partial charge in [-0.3, -0.25) is 0 Å². The first-order valence-electron chi connectivity index (χ1n) is 7.03. The van der Waals surface area contributed by atoms with E-state index in [9.17, 15) is 0 Å². The van der Waals surface area contributed by atoms with Crippen molar-refractivity contribution in [1.82, 2.24) is 5.32 Å². The fourth-order valence-corrected chi connectivity index (χ4v) is 3.10. The Morgan fingerprint density at radius 2 is 2.18 bits per heavy atom. The van der Waals surface area contributed by atoms with Gasteiger partial charge in [-0.2, -0.15) is 0 Å². The van der Waals surface area contributed by atoms with Crippen LogP contribution < -0.4 is 5.32 Å². The lowest BCUT2D eigenvalue weighted by Crippen LogP contribution is -2.34. The molecule has 1 aromatic rings. The Labute approximate surface area is 106 Å². The predicted molar refractivity (Wildman–Crippen MR) is 74.1 cm³/mol. The van der Waals surface area contributed by atoms with Crippen LogP contribution in [0, 0.1) is 12.8 Å². The predicted octanol–water partition coefficient (Wildman–Crippen LogP) is 4.22. The maximum absolute atomic E-state index is 3.82. The molecule has 1 saturated carbocycles. The van der Waals surface area contributed by atoms with Gasteiger partial charge in [-0.15, -0.1) is 0 Å². The van der Waals surface area contributed by atoms with Gasteiger partial charge in [0.25, 0.3) is 0 Å². The van der Waals surface area contributed by atoms with Crippen LogP contribution in [0.25, 0.3) is 0 Å². The van der Waals surface area contributed by atoms with Gasteiger partial charge in [-0.25, -0.2) is 0 Å². The second-order valence-electron chi connectivity index (χ2n) is 5.51. The highest BCUT2D eigenvalue weighted by Crippen LogP contribution is 2.30. The van der Waals surface area contributed by atoms with Crippen LogP contribution in [0.1, 0.15) is 56.7 Å². The van der Waals surface area contributed by atoms with Crippen LogP contribution in [-0.4, -0.2) is 6.04 Å². The average Bonchev–Trinajstić information content (AvgIpc) is 2.76. The molecule has 0 amide bonds. The van der Waals surface area contributed by atoms with Gasteiger partial charge in [0, 0.05) is 12.1 Å². The largest absolute Gasteiger partial charge is 0.307 e. The van der Waals surface area contributed by atoms with E-state index in [0.29, 0.717) is 6.04 Å². The summed E-state index contributed by atoms with van der Waals surface area (Å²) >= 11 is 0. The summed E-state index contributed by atoms with van der Waals surface area (Å²) in [5.74, 6) is 0.891. The van der Waals surface area contributed by atoms with Crippen molar-refractivity contribution in [1.29, 1.82) is 0 Å². The second-order valence-corrected chi connectivity index (χ2v) is 5.51. The molecule has 0 saturated heterocycles. The zero-order chi connectivity index (χ0) is 12.3. The van der Waals surface area contributed by atoms with Crippen molar-refractivity contribution in [2.75, 3.05) is 0 Å². The van der Waals surface area contributed by atoms with Gasteiger partial charge in [0.2, 0.25) is 0 Å². The first-order chi connectivity index (χ1) is 8.20. The van der Waals surface area contributed by atoms with Gasteiger partial charge in [0.15, 0.2) is 0 Å². The van der Waals surface area contributed by atoms with E-state index < -0.39 is 0 Å². The third kappa shape index (κ3) is 3.10. The Morgan fingerprint density at radius 3 is 2.88 bits per heavy atom. The Balaban J connectivity index is 1.99. The molecule has 0 aromatic heterocycles. The summed E-state index contributed by atoms with van der Waals surface area (Å²) in [6.45, 7) is 6.78. The molecule has 1 nitrogen and oxygen atoms in total. The van der Waals surface area contributed by atoms with Gasteiger partial charge in [0.05, 0.1) is 0 Å². The van der Waals surface area contributed by atoms with E-state index in [1.807, 2.05) is 0 Å². The highest BCUT2D eigenvalue weighted by Gasteiger charge is 2.26. The Kier molecular flexibility index (Phi) is 4.22. The minimum atomic E-state index is 0.479. The monoisotopic (exact) mass is 231 g/mol. The van der Waals surface area contributed by atoms with Gasteiger partial charge >= 0.3 is 0 Å². The lowest BCUT2D eigenvalue weighted by atomic mass is 9.98. The molecule has 1 fully saturated rings. The lowest BCUT2D eigenvalue weighted by molar-refractivity contribution is 0.360. The Hall–Kier alpha value is -0.820. The van der Waals surface area contributed by atoms with Gasteiger partial charge in [-0.05, 0) is 38.2 Å². The maximum Gasteiger partial charge on any atom is 0.0294 e. The first kappa shape index (κ1) is 12.6. The fourth-order valence-electron chi connectivity index (χ4n) is 3.10. The fraction of sp³-hybridized carbons (Fsp3) is 0.625. The zero-order valence-electron chi connectivity index (χ0n) is 11.4. The molecule has 2 unspecified atom stereocenters. The van der Waals surface area contributed by atoms with Gasteiger partial charge in [0.1, 0.15) is 0 Å². The molecule has 2 rings (SSSR count). The van der Waals surface area contributed by atoms with Crippen LogP contribution in [-0.2, 0) is 0 Å². The molecular formula is C16H25N. The summed E-state index contributed by atoms with van der Waals surface area (Å²) < 4.78 is 0. The van der Waals surface area contributed by atoms with Crippen molar-refractivity contribution in [2.24, 2.45) is 5.92 Å². The van der Waals surface area contributed by atoms with E-state index in [1.165, 1.54) is 36.8 Å². The third-order valence-corrected chi connectivity index (χ3v) is 4.19. The molecule has 1 N–H and O–H groups in total. The van der Waals surface area contributed by atoms with Crippen LogP contribution in [0.15, 0.2) is 24.3 Å². The molecule has 0 aliphatic heterocycles. The summed E-state index contributed by atoms with van der Waals surface area (Å²) in [4.78, 5) is 0. The number of aryl methyl sites for hydroxylation is 1. The van der Waals surface area contributed by atoms with Crippen molar-refractivity contribution >= 4 is 0 Å². The van der Waals surface area contributed by atoms with Crippen molar-refractivity contribution in [3.05, 3.63) is 35.4 Å². The van der Waals surface area contributed by atoms with Crippen molar-refractivity contribution in [3.63, 3.8) is 0 Å². The molecule has 3 atom stereocenters. The molecule has 0 bridgehead atoms. The number of hydrogen-bond donors (Lipinski definition) is 1. The van der Waals surface area contributed by atoms with E-state index in [-0.39, 0.29) is 0 Å². The minimum absolute atomic E-state index is 0.479. The molecule has 0 heterocycles. The zero-order valence-corrected chi connectivity index (χ0v) is 11.4. The third-order valence-electron chi connectivity index (χ3n) is 4.19. The average molecular weight is 231 g/mol. The molecule has 0 radical (unpaired) electrons. The highest BCUT2D eigenvalue weighted by atomic mass is 15.0. The quantitative estimate of drug-likeness (QED) is 0.818. The van der Waals surface area contributed by atoms with E-state index in [2.05, 4.69) is 50.4 Å². The van der Waals surface area contributed by atoms with Crippen LogP contribution in [0.2, 0.25) is 0 Å². The van der Waals surface area contributed by atoms with Crippen LogP contribution in [0.3, 0.4) is 0 Å². The summed E-state index contributed by atoms with van der Waals surface area (Å²) in [5, 5.41) is 3.82. The summed E-state index contributed by atoms with van der Waals surface area (Å²) in [5.41, 5.74) is 2.78. The van der Waals surface area contributed by atoms with E-state index in [4.69, 9.17) is 0 Å². The lowest BCUT2D eigenvalue weighted by Gasteiger charge is -2.24. The number of benzene rings is 1. The molecule has 1 heteroatoms. The Morgan fingerprint density at radius 1 is 1.35 bits per heavy atom. The molecule has 1 aromatic carbocycles. The smallest absolute Gasteiger partial charge is 0.0294 e. The van der Waals surface area contributed by atoms with Crippen LogP contribution in [0.5, 0.6) is 0 Å². The summed E-state index contributed by atoms with van der Waals surface area (Å²) in [7, 11) is 0. The second kappa shape index (κ2) is 5.68. The molecule has 1 aliphatic rings. The minimum Gasteiger partial charge on any atom is -0.307 e. The highest BCUT2D eigenvalue weighted by molar-refractivity contribution is 5.24. The summed E-state index contributed by atoms with van der Waals surface area (Å²) in [6.07, 6.45) is 5.48. The molecule has 94 valence electrons. The van der Waals surface area contributed by atoms with Crippen molar-refractivity contribution < 1.29 is 0 Å². The SMILES string of the molecule is CCC1CCCC1N[C@@H](C)c1cccc(C)c1. The topological polar surface area (TPSA) is 12.0 Å². The van der Waals surface area contributed by atoms with Gasteiger partial charge in [-0.1, -0.05) is 49.6 Å². The van der Waals surface area contributed by atoms with E-state index >= 15 is 0 Å².